The summed E-state index contributed by atoms with van der Waals surface area (Å²) in [6, 6.07) is 0.792. The molecule has 0 radical (unpaired) electrons. The quantitative estimate of drug-likeness (QED) is 0.544. The lowest BCUT2D eigenvalue weighted by molar-refractivity contribution is 0.0576. The number of hydrogen-bond acceptors (Lipinski definition) is 2. The first-order chi connectivity index (χ1) is 4.76. The summed E-state index contributed by atoms with van der Waals surface area (Å²) in [6.07, 6.45) is 1.36. The SMILES string of the molecule is CNC1CC2(C)CNCC12. The van der Waals surface area contributed by atoms with Crippen LogP contribution in [-0.4, -0.2) is 26.2 Å². The van der Waals surface area contributed by atoms with E-state index in [-0.39, 0.29) is 0 Å². The van der Waals surface area contributed by atoms with E-state index >= 15 is 0 Å². The van der Waals surface area contributed by atoms with Crippen LogP contribution in [0.25, 0.3) is 0 Å². The molecule has 1 saturated carbocycles. The highest BCUT2D eigenvalue weighted by atomic mass is 15.0. The zero-order valence-corrected chi connectivity index (χ0v) is 6.78. The Hall–Kier alpha value is -0.0800. The second kappa shape index (κ2) is 1.95. The van der Waals surface area contributed by atoms with Crippen LogP contribution in [0.1, 0.15) is 13.3 Å². The third kappa shape index (κ3) is 0.663. The second-order valence-corrected chi connectivity index (χ2v) is 3.99. The molecule has 2 heteroatoms. The molecule has 3 atom stereocenters. The Morgan fingerprint density at radius 3 is 3.00 bits per heavy atom. The first-order valence-corrected chi connectivity index (χ1v) is 4.14. The fourth-order valence-corrected chi connectivity index (χ4v) is 2.53. The van der Waals surface area contributed by atoms with E-state index in [1.54, 1.807) is 0 Å². The molecule has 2 rings (SSSR count). The van der Waals surface area contributed by atoms with Crippen molar-refractivity contribution in [1.29, 1.82) is 0 Å². The van der Waals surface area contributed by atoms with Crippen LogP contribution in [0, 0.1) is 11.3 Å². The Morgan fingerprint density at radius 1 is 1.60 bits per heavy atom. The third-order valence-corrected chi connectivity index (χ3v) is 3.33. The summed E-state index contributed by atoms with van der Waals surface area (Å²) in [6.45, 7) is 4.85. The molecule has 0 aromatic carbocycles. The Balaban J connectivity index is 2.04. The van der Waals surface area contributed by atoms with Crippen molar-refractivity contribution < 1.29 is 0 Å². The van der Waals surface area contributed by atoms with Crippen molar-refractivity contribution >= 4 is 0 Å². The molecular formula is C8H16N2. The minimum Gasteiger partial charge on any atom is -0.317 e. The van der Waals surface area contributed by atoms with Crippen molar-refractivity contribution in [2.75, 3.05) is 20.1 Å². The van der Waals surface area contributed by atoms with Crippen LogP contribution in [0.3, 0.4) is 0 Å². The van der Waals surface area contributed by atoms with Gasteiger partial charge in [0.15, 0.2) is 0 Å². The van der Waals surface area contributed by atoms with Crippen molar-refractivity contribution in [3.8, 4) is 0 Å². The van der Waals surface area contributed by atoms with Gasteiger partial charge in [0.1, 0.15) is 0 Å². The number of rotatable bonds is 1. The van der Waals surface area contributed by atoms with Gasteiger partial charge in [-0.25, -0.2) is 0 Å². The van der Waals surface area contributed by atoms with Crippen molar-refractivity contribution in [1.82, 2.24) is 10.6 Å². The summed E-state index contributed by atoms with van der Waals surface area (Å²) in [5, 5.41) is 6.81. The zero-order chi connectivity index (χ0) is 7.19. The summed E-state index contributed by atoms with van der Waals surface area (Å²) < 4.78 is 0. The summed E-state index contributed by atoms with van der Waals surface area (Å²) in [5.74, 6) is 0.900. The standard InChI is InChI=1S/C8H16N2/c1-8-3-7(9-2)6(8)4-10-5-8/h6-7,9-10H,3-5H2,1-2H3. The highest BCUT2D eigenvalue weighted by molar-refractivity contribution is 5.07. The maximum absolute atomic E-state index is 3.45. The van der Waals surface area contributed by atoms with Gasteiger partial charge in [-0.15, -0.1) is 0 Å². The topological polar surface area (TPSA) is 24.1 Å². The van der Waals surface area contributed by atoms with Crippen molar-refractivity contribution in [2.45, 2.75) is 19.4 Å². The van der Waals surface area contributed by atoms with Crippen molar-refractivity contribution in [3.63, 3.8) is 0 Å². The Kier molecular flexibility index (Phi) is 1.29. The fourth-order valence-electron chi connectivity index (χ4n) is 2.53. The predicted molar refractivity (Wildman–Crippen MR) is 41.9 cm³/mol. The van der Waals surface area contributed by atoms with E-state index in [2.05, 4.69) is 24.6 Å². The molecule has 0 aromatic rings. The summed E-state index contributed by atoms with van der Waals surface area (Å²) >= 11 is 0. The monoisotopic (exact) mass is 140 g/mol. The molecule has 10 heavy (non-hydrogen) atoms. The van der Waals surface area contributed by atoms with E-state index < -0.39 is 0 Å². The largest absolute Gasteiger partial charge is 0.317 e. The van der Waals surface area contributed by atoms with Gasteiger partial charge in [-0.3, -0.25) is 0 Å². The average Bonchev–Trinajstić information content (AvgIpc) is 2.16. The molecule has 0 aromatic heterocycles. The molecule has 1 aliphatic carbocycles. The highest BCUT2D eigenvalue weighted by Gasteiger charge is 2.52. The normalized spacial score (nSPS) is 52.2. The van der Waals surface area contributed by atoms with E-state index in [0.717, 1.165) is 12.0 Å². The van der Waals surface area contributed by atoms with Gasteiger partial charge in [0.2, 0.25) is 0 Å². The maximum Gasteiger partial charge on any atom is 0.0116 e. The van der Waals surface area contributed by atoms with Crippen LogP contribution in [0.4, 0.5) is 0 Å². The van der Waals surface area contributed by atoms with Crippen molar-refractivity contribution in [2.24, 2.45) is 11.3 Å². The molecular weight excluding hydrogens is 124 g/mol. The molecule has 0 bridgehead atoms. The lowest BCUT2D eigenvalue weighted by Crippen LogP contribution is -2.54. The molecule has 0 spiro atoms. The molecule has 1 saturated heterocycles. The summed E-state index contributed by atoms with van der Waals surface area (Å²) in [5.41, 5.74) is 0.633. The van der Waals surface area contributed by atoms with Gasteiger partial charge in [-0.2, -0.15) is 0 Å². The van der Waals surface area contributed by atoms with E-state index in [9.17, 15) is 0 Å². The van der Waals surface area contributed by atoms with E-state index in [0.29, 0.717) is 5.41 Å². The molecule has 1 aliphatic heterocycles. The fraction of sp³-hybridized carbons (Fsp3) is 1.00. The van der Waals surface area contributed by atoms with Gasteiger partial charge < -0.3 is 10.6 Å². The van der Waals surface area contributed by atoms with Crippen LogP contribution >= 0.6 is 0 Å². The average molecular weight is 140 g/mol. The van der Waals surface area contributed by atoms with Crippen LogP contribution in [0.5, 0.6) is 0 Å². The summed E-state index contributed by atoms with van der Waals surface area (Å²) in [7, 11) is 2.07. The van der Waals surface area contributed by atoms with Crippen LogP contribution in [0.2, 0.25) is 0 Å². The molecule has 2 nitrogen and oxygen atoms in total. The van der Waals surface area contributed by atoms with Gasteiger partial charge >= 0.3 is 0 Å². The molecule has 2 N–H and O–H groups in total. The molecule has 2 aliphatic rings. The number of nitrogens with one attached hydrogen (secondary N) is 2. The van der Waals surface area contributed by atoms with Crippen LogP contribution in [-0.2, 0) is 0 Å². The van der Waals surface area contributed by atoms with Gasteiger partial charge in [-0.05, 0) is 24.8 Å². The van der Waals surface area contributed by atoms with E-state index in [1.165, 1.54) is 19.5 Å². The lowest BCUT2D eigenvalue weighted by Gasteiger charge is -2.48. The van der Waals surface area contributed by atoms with Crippen LogP contribution < -0.4 is 10.6 Å². The second-order valence-electron chi connectivity index (χ2n) is 3.99. The molecule has 0 amide bonds. The minimum absolute atomic E-state index is 0.633. The van der Waals surface area contributed by atoms with Crippen molar-refractivity contribution in [3.05, 3.63) is 0 Å². The number of fused-ring (bicyclic) bond motifs is 1. The first kappa shape index (κ1) is 6.62. The maximum atomic E-state index is 3.45. The van der Waals surface area contributed by atoms with Gasteiger partial charge in [0.25, 0.3) is 0 Å². The Bertz CT molecular complexity index is 146. The van der Waals surface area contributed by atoms with Crippen LogP contribution in [0.15, 0.2) is 0 Å². The van der Waals surface area contributed by atoms with Gasteiger partial charge in [0.05, 0.1) is 0 Å². The molecule has 58 valence electrons. The Labute approximate surface area is 62.4 Å². The highest BCUT2D eigenvalue weighted by Crippen LogP contribution is 2.48. The molecule has 3 unspecified atom stereocenters. The van der Waals surface area contributed by atoms with E-state index in [4.69, 9.17) is 0 Å². The summed E-state index contributed by atoms with van der Waals surface area (Å²) in [4.78, 5) is 0. The lowest BCUT2D eigenvalue weighted by atomic mass is 9.60. The third-order valence-electron chi connectivity index (χ3n) is 3.33. The predicted octanol–water partition coefficient (Wildman–Crippen LogP) is 0.204. The zero-order valence-electron chi connectivity index (χ0n) is 6.78. The van der Waals surface area contributed by atoms with Gasteiger partial charge in [0, 0.05) is 19.1 Å². The van der Waals surface area contributed by atoms with E-state index in [1.807, 2.05) is 0 Å². The molecule has 2 fully saturated rings. The van der Waals surface area contributed by atoms with Gasteiger partial charge in [-0.1, -0.05) is 6.92 Å². The first-order valence-electron chi connectivity index (χ1n) is 4.14. The smallest absolute Gasteiger partial charge is 0.0116 e. The number of hydrogen-bond donors (Lipinski definition) is 2. The molecule has 1 heterocycles. The minimum atomic E-state index is 0.633. The Morgan fingerprint density at radius 2 is 2.40 bits per heavy atom.